The Morgan fingerprint density at radius 3 is 2.94 bits per heavy atom. The van der Waals surface area contributed by atoms with Crippen molar-refractivity contribution in [1.29, 1.82) is 0 Å². The number of rotatable bonds is 2. The van der Waals surface area contributed by atoms with Crippen LogP contribution in [-0.4, -0.2) is 28.9 Å². The molecule has 1 saturated heterocycles. The van der Waals surface area contributed by atoms with E-state index in [1.807, 2.05) is 4.90 Å². The highest BCUT2D eigenvalue weighted by molar-refractivity contribution is 5.98. The molecule has 1 fully saturated rings. The number of carbonyl (C=O) groups excluding carboxylic acids is 1. The van der Waals surface area contributed by atoms with Crippen molar-refractivity contribution >= 4 is 11.7 Å². The molecule has 4 nitrogen and oxygen atoms in total. The SMILES string of the molecule is CC(C)C1CCN(C(=O)c2cccnc2N)C1. The molecule has 0 spiro atoms. The quantitative estimate of drug-likeness (QED) is 0.847. The molecular formula is C13H19N3O. The minimum Gasteiger partial charge on any atom is -0.383 e. The van der Waals surface area contributed by atoms with Crippen LogP contribution in [0.3, 0.4) is 0 Å². The lowest BCUT2D eigenvalue weighted by Gasteiger charge is -2.18. The summed E-state index contributed by atoms with van der Waals surface area (Å²) in [4.78, 5) is 18.1. The molecule has 1 aromatic heterocycles. The Kier molecular flexibility index (Phi) is 3.31. The smallest absolute Gasteiger partial charge is 0.257 e. The maximum absolute atomic E-state index is 12.2. The molecule has 0 radical (unpaired) electrons. The van der Waals surface area contributed by atoms with Gasteiger partial charge in [0.05, 0.1) is 5.56 Å². The molecule has 1 unspecified atom stereocenters. The number of amides is 1. The Bertz CT molecular complexity index is 417. The third-order valence-electron chi connectivity index (χ3n) is 3.52. The summed E-state index contributed by atoms with van der Waals surface area (Å²) in [7, 11) is 0. The van der Waals surface area contributed by atoms with Crippen molar-refractivity contribution in [1.82, 2.24) is 9.88 Å². The molecule has 1 amide bonds. The minimum absolute atomic E-state index is 0.0127. The zero-order chi connectivity index (χ0) is 12.4. The maximum Gasteiger partial charge on any atom is 0.257 e. The van der Waals surface area contributed by atoms with Gasteiger partial charge in [0.2, 0.25) is 0 Å². The van der Waals surface area contributed by atoms with E-state index in [0.717, 1.165) is 19.5 Å². The molecular weight excluding hydrogens is 214 g/mol. The van der Waals surface area contributed by atoms with Gasteiger partial charge in [-0.15, -0.1) is 0 Å². The first-order valence-electron chi connectivity index (χ1n) is 6.09. The molecule has 1 aromatic rings. The lowest BCUT2D eigenvalue weighted by atomic mass is 9.95. The zero-order valence-electron chi connectivity index (χ0n) is 10.4. The lowest BCUT2D eigenvalue weighted by Crippen LogP contribution is -2.30. The molecule has 2 rings (SSSR count). The van der Waals surface area contributed by atoms with Crippen molar-refractivity contribution in [2.45, 2.75) is 20.3 Å². The Hall–Kier alpha value is -1.58. The van der Waals surface area contributed by atoms with Crippen molar-refractivity contribution in [3.8, 4) is 0 Å². The van der Waals surface area contributed by atoms with Gasteiger partial charge >= 0.3 is 0 Å². The van der Waals surface area contributed by atoms with Gasteiger partial charge in [0.25, 0.3) is 5.91 Å². The summed E-state index contributed by atoms with van der Waals surface area (Å²) in [6.45, 7) is 6.08. The molecule has 0 aromatic carbocycles. The fourth-order valence-electron chi connectivity index (χ4n) is 2.28. The van der Waals surface area contributed by atoms with Gasteiger partial charge < -0.3 is 10.6 Å². The maximum atomic E-state index is 12.2. The summed E-state index contributed by atoms with van der Waals surface area (Å²) in [6, 6.07) is 3.49. The second kappa shape index (κ2) is 4.73. The number of pyridine rings is 1. The molecule has 0 saturated carbocycles. The summed E-state index contributed by atoms with van der Waals surface area (Å²) in [6.07, 6.45) is 2.69. The van der Waals surface area contributed by atoms with Gasteiger partial charge in [0.1, 0.15) is 5.82 Å². The Morgan fingerprint density at radius 2 is 2.35 bits per heavy atom. The number of aromatic nitrogens is 1. The Labute approximate surface area is 102 Å². The summed E-state index contributed by atoms with van der Waals surface area (Å²) < 4.78 is 0. The molecule has 2 heterocycles. The number of nitrogens with two attached hydrogens (primary N) is 1. The first kappa shape index (κ1) is 11.9. The number of carbonyl (C=O) groups is 1. The van der Waals surface area contributed by atoms with E-state index in [1.165, 1.54) is 0 Å². The molecule has 0 bridgehead atoms. The van der Waals surface area contributed by atoms with Crippen LogP contribution in [0.2, 0.25) is 0 Å². The predicted octanol–water partition coefficient (Wildman–Crippen LogP) is 1.78. The van der Waals surface area contributed by atoms with Crippen LogP contribution in [0.5, 0.6) is 0 Å². The van der Waals surface area contributed by atoms with Gasteiger partial charge in [0.15, 0.2) is 0 Å². The molecule has 1 atom stereocenters. The molecule has 2 N–H and O–H groups in total. The highest BCUT2D eigenvalue weighted by atomic mass is 16.2. The molecule has 1 aliphatic rings. The fourth-order valence-corrected chi connectivity index (χ4v) is 2.28. The first-order chi connectivity index (χ1) is 8.09. The third kappa shape index (κ3) is 2.40. The van der Waals surface area contributed by atoms with Crippen molar-refractivity contribution in [3.05, 3.63) is 23.9 Å². The topological polar surface area (TPSA) is 59.2 Å². The van der Waals surface area contributed by atoms with Crippen LogP contribution in [0, 0.1) is 11.8 Å². The number of hydrogen-bond acceptors (Lipinski definition) is 3. The second-order valence-electron chi connectivity index (χ2n) is 4.98. The number of anilines is 1. The van der Waals surface area contributed by atoms with Crippen molar-refractivity contribution in [2.24, 2.45) is 11.8 Å². The summed E-state index contributed by atoms with van der Waals surface area (Å²) in [5.41, 5.74) is 6.25. The summed E-state index contributed by atoms with van der Waals surface area (Å²) in [5.74, 6) is 1.57. The molecule has 1 aliphatic heterocycles. The zero-order valence-corrected chi connectivity index (χ0v) is 10.4. The number of likely N-dealkylation sites (tertiary alicyclic amines) is 1. The van der Waals surface area contributed by atoms with Crippen LogP contribution >= 0.6 is 0 Å². The van der Waals surface area contributed by atoms with Gasteiger partial charge in [0, 0.05) is 19.3 Å². The van der Waals surface area contributed by atoms with E-state index in [1.54, 1.807) is 18.3 Å². The van der Waals surface area contributed by atoms with Crippen LogP contribution in [0.4, 0.5) is 5.82 Å². The van der Waals surface area contributed by atoms with Gasteiger partial charge in [-0.3, -0.25) is 4.79 Å². The predicted molar refractivity (Wildman–Crippen MR) is 67.5 cm³/mol. The van der Waals surface area contributed by atoms with Crippen LogP contribution in [-0.2, 0) is 0 Å². The minimum atomic E-state index is 0.0127. The van der Waals surface area contributed by atoms with Crippen molar-refractivity contribution < 1.29 is 4.79 Å². The molecule has 0 aliphatic carbocycles. The largest absolute Gasteiger partial charge is 0.383 e. The van der Waals surface area contributed by atoms with E-state index < -0.39 is 0 Å². The van der Waals surface area contributed by atoms with Crippen LogP contribution in [0.25, 0.3) is 0 Å². The number of hydrogen-bond donors (Lipinski definition) is 1. The third-order valence-corrected chi connectivity index (χ3v) is 3.52. The standard InChI is InChI=1S/C13H19N3O/c1-9(2)10-5-7-16(8-10)13(17)11-4-3-6-15-12(11)14/h3-4,6,9-10H,5,7-8H2,1-2H3,(H2,14,15). The molecule has 92 valence electrons. The average Bonchev–Trinajstić information content (AvgIpc) is 2.78. The van der Waals surface area contributed by atoms with E-state index in [9.17, 15) is 4.79 Å². The number of nitrogens with zero attached hydrogens (tertiary/aromatic N) is 2. The molecule has 17 heavy (non-hydrogen) atoms. The van der Waals surface area contributed by atoms with Gasteiger partial charge in [-0.25, -0.2) is 4.98 Å². The average molecular weight is 233 g/mol. The fraction of sp³-hybridized carbons (Fsp3) is 0.538. The van der Waals surface area contributed by atoms with E-state index >= 15 is 0 Å². The van der Waals surface area contributed by atoms with Crippen LogP contribution < -0.4 is 5.73 Å². The monoisotopic (exact) mass is 233 g/mol. The summed E-state index contributed by atoms with van der Waals surface area (Å²) >= 11 is 0. The summed E-state index contributed by atoms with van der Waals surface area (Å²) in [5, 5.41) is 0. The van der Waals surface area contributed by atoms with Gasteiger partial charge in [-0.2, -0.15) is 0 Å². The Morgan fingerprint density at radius 1 is 1.59 bits per heavy atom. The van der Waals surface area contributed by atoms with E-state index in [-0.39, 0.29) is 5.91 Å². The highest BCUT2D eigenvalue weighted by Crippen LogP contribution is 2.25. The van der Waals surface area contributed by atoms with Crippen molar-refractivity contribution in [3.63, 3.8) is 0 Å². The van der Waals surface area contributed by atoms with Crippen molar-refractivity contribution in [2.75, 3.05) is 18.8 Å². The molecule has 4 heteroatoms. The van der Waals surface area contributed by atoms with E-state index in [4.69, 9.17) is 5.73 Å². The van der Waals surface area contributed by atoms with Gasteiger partial charge in [-0.05, 0) is 30.4 Å². The van der Waals surface area contributed by atoms with Crippen LogP contribution in [0.15, 0.2) is 18.3 Å². The lowest BCUT2D eigenvalue weighted by molar-refractivity contribution is 0.0785. The van der Waals surface area contributed by atoms with E-state index in [0.29, 0.717) is 23.2 Å². The first-order valence-corrected chi connectivity index (χ1v) is 6.09. The Balaban J connectivity index is 2.10. The normalized spacial score (nSPS) is 19.9. The van der Waals surface area contributed by atoms with E-state index in [2.05, 4.69) is 18.8 Å². The number of nitrogen functional groups attached to an aromatic ring is 1. The highest BCUT2D eigenvalue weighted by Gasteiger charge is 2.29. The van der Waals surface area contributed by atoms with Gasteiger partial charge in [-0.1, -0.05) is 13.8 Å². The van der Waals surface area contributed by atoms with Crippen LogP contribution in [0.1, 0.15) is 30.6 Å². The second-order valence-corrected chi connectivity index (χ2v) is 4.98.